The molecule has 0 heterocycles. The molecular weight excluding hydrogens is 445 g/mol. The van der Waals surface area contributed by atoms with E-state index >= 15 is 0 Å². The molecule has 3 rings (SSSR count). The number of Topliss-reactive ketones (excluding diaryl/α,β-unsaturated/α-hetero) is 1. The van der Waals surface area contributed by atoms with Crippen LogP contribution in [0.4, 0.5) is 0 Å². The molecule has 0 unspecified atom stereocenters. The van der Waals surface area contributed by atoms with Gasteiger partial charge in [0, 0.05) is 22.8 Å². The molecule has 0 aliphatic heterocycles. The Bertz CT molecular complexity index is 1050. The van der Waals surface area contributed by atoms with Gasteiger partial charge in [-0.3, -0.25) is 4.79 Å². The Balaban J connectivity index is 2.20. The first-order valence-electron chi connectivity index (χ1n) is 8.36. The fraction of sp³-hybridized carbons (Fsp3) is 0.211. The van der Waals surface area contributed by atoms with Crippen LogP contribution in [0.25, 0.3) is 0 Å². The number of hydrogen-bond acceptors (Lipinski definition) is 4. The van der Waals surface area contributed by atoms with E-state index in [9.17, 15) is 13.2 Å². The summed E-state index contributed by atoms with van der Waals surface area (Å²) < 4.78 is 34.6. The van der Waals surface area contributed by atoms with E-state index in [1.807, 2.05) is 6.92 Å². The molecule has 28 heavy (non-hydrogen) atoms. The summed E-state index contributed by atoms with van der Waals surface area (Å²) in [5.41, 5.74) is -1.33. The number of fused-ring (bicyclic) bond motifs is 1. The van der Waals surface area contributed by atoms with Crippen LogP contribution in [-0.2, 0) is 20.5 Å². The zero-order chi connectivity index (χ0) is 20.5. The van der Waals surface area contributed by atoms with Crippen molar-refractivity contribution < 1.29 is 17.9 Å². The first kappa shape index (κ1) is 21.3. The molecule has 0 spiro atoms. The SMILES string of the molecule is CCCO[C@@]1(NS(=O)(=O)c2ccc(Cl)cc2)C(Cl)=C(Cl)C(=O)c2ccccc21. The summed E-state index contributed by atoms with van der Waals surface area (Å²) in [6.45, 7) is 2.03. The van der Waals surface area contributed by atoms with Gasteiger partial charge in [0.1, 0.15) is 5.03 Å². The number of carbonyl (C=O) groups excluding carboxylic acids is 1. The molecule has 148 valence electrons. The lowest BCUT2D eigenvalue weighted by Gasteiger charge is -2.38. The number of ether oxygens (including phenoxy) is 1. The Morgan fingerprint density at radius 1 is 1.04 bits per heavy atom. The maximum atomic E-state index is 13.1. The van der Waals surface area contributed by atoms with Gasteiger partial charge in [0.05, 0.1) is 9.93 Å². The van der Waals surface area contributed by atoms with Crippen molar-refractivity contribution in [1.29, 1.82) is 0 Å². The standard InChI is InChI=1S/C19H16Cl3NO4S/c1-2-11-27-19(23-28(25,26)13-9-7-12(20)8-10-13)15-6-4-3-5-14(15)17(24)16(21)18(19)22/h3-10,23H,2,11H2,1H3/t19-/m1/s1. The lowest BCUT2D eigenvalue weighted by Crippen LogP contribution is -2.51. The molecule has 1 aliphatic rings. The molecule has 1 atom stereocenters. The summed E-state index contributed by atoms with van der Waals surface area (Å²) in [7, 11) is -4.10. The monoisotopic (exact) mass is 459 g/mol. The number of ketones is 1. The number of carbonyl (C=O) groups is 1. The second-order valence-electron chi connectivity index (χ2n) is 6.09. The molecule has 1 N–H and O–H groups in total. The Morgan fingerprint density at radius 2 is 1.68 bits per heavy atom. The Labute approximate surface area is 178 Å². The largest absolute Gasteiger partial charge is 0.350 e. The van der Waals surface area contributed by atoms with Gasteiger partial charge in [-0.15, -0.1) is 0 Å². The minimum atomic E-state index is -4.10. The third kappa shape index (κ3) is 3.73. The van der Waals surface area contributed by atoms with E-state index in [-0.39, 0.29) is 32.7 Å². The Morgan fingerprint density at radius 3 is 2.32 bits per heavy atom. The number of halogens is 3. The molecule has 0 saturated heterocycles. The smallest absolute Gasteiger partial charge is 0.243 e. The molecule has 2 aromatic carbocycles. The van der Waals surface area contributed by atoms with Gasteiger partial charge in [-0.2, -0.15) is 4.72 Å². The van der Waals surface area contributed by atoms with Crippen LogP contribution in [-0.4, -0.2) is 20.8 Å². The van der Waals surface area contributed by atoms with Crippen molar-refractivity contribution in [1.82, 2.24) is 4.72 Å². The first-order valence-corrected chi connectivity index (χ1v) is 11.0. The van der Waals surface area contributed by atoms with Gasteiger partial charge in [0.15, 0.2) is 5.72 Å². The highest BCUT2D eigenvalue weighted by Gasteiger charge is 2.48. The van der Waals surface area contributed by atoms with Crippen LogP contribution in [0.15, 0.2) is 63.5 Å². The average Bonchev–Trinajstić information content (AvgIpc) is 2.69. The molecule has 0 amide bonds. The van der Waals surface area contributed by atoms with Gasteiger partial charge in [-0.25, -0.2) is 8.42 Å². The lowest BCUT2D eigenvalue weighted by atomic mass is 9.89. The number of allylic oxidation sites excluding steroid dienone is 1. The fourth-order valence-electron chi connectivity index (χ4n) is 2.87. The van der Waals surface area contributed by atoms with E-state index in [1.54, 1.807) is 24.3 Å². The van der Waals surface area contributed by atoms with E-state index in [1.165, 1.54) is 24.3 Å². The maximum Gasteiger partial charge on any atom is 0.243 e. The van der Waals surface area contributed by atoms with E-state index in [0.29, 0.717) is 11.4 Å². The third-order valence-electron chi connectivity index (χ3n) is 4.18. The molecule has 0 radical (unpaired) electrons. The lowest BCUT2D eigenvalue weighted by molar-refractivity contribution is -0.0264. The topological polar surface area (TPSA) is 72.5 Å². The van der Waals surface area contributed by atoms with Gasteiger partial charge in [0.2, 0.25) is 15.8 Å². The Kier molecular flexibility index (Phi) is 6.20. The molecule has 0 aromatic heterocycles. The number of sulfonamides is 1. The van der Waals surface area contributed by atoms with E-state index in [4.69, 9.17) is 39.5 Å². The van der Waals surface area contributed by atoms with Crippen molar-refractivity contribution in [2.24, 2.45) is 0 Å². The fourth-order valence-corrected chi connectivity index (χ4v) is 4.83. The predicted molar refractivity (Wildman–Crippen MR) is 109 cm³/mol. The molecule has 2 aromatic rings. The number of benzene rings is 2. The highest BCUT2D eigenvalue weighted by Crippen LogP contribution is 2.44. The maximum absolute atomic E-state index is 13.1. The Hall–Kier alpha value is -1.41. The van der Waals surface area contributed by atoms with E-state index < -0.39 is 21.5 Å². The second-order valence-corrected chi connectivity index (χ2v) is 8.97. The summed E-state index contributed by atoms with van der Waals surface area (Å²) in [5.74, 6) is -0.497. The normalized spacial score (nSPS) is 19.6. The highest BCUT2D eigenvalue weighted by atomic mass is 35.5. The van der Waals surface area contributed by atoms with Crippen molar-refractivity contribution in [3.05, 3.63) is 74.7 Å². The van der Waals surface area contributed by atoms with E-state index in [2.05, 4.69) is 4.72 Å². The van der Waals surface area contributed by atoms with Crippen molar-refractivity contribution in [2.75, 3.05) is 6.61 Å². The van der Waals surface area contributed by atoms with Crippen molar-refractivity contribution in [3.63, 3.8) is 0 Å². The van der Waals surface area contributed by atoms with Crippen molar-refractivity contribution in [3.8, 4) is 0 Å². The molecule has 0 saturated carbocycles. The predicted octanol–water partition coefficient (Wildman–Crippen LogP) is 4.78. The van der Waals surface area contributed by atoms with Gasteiger partial charge < -0.3 is 4.74 Å². The molecule has 9 heteroatoms. The van der Waals surface area contributed by atoms with Crippen LogP contribution >= 0.6 is 34.8 Å². The average molecular weight is 461 g/mol. The van der Waals surface area contributed by atoms with Crippen LogP contribution in [0.2, 0.25) is 5.02 Å². The van der Waals surface area contributed by atoms with Crippen LogP contribution in [0, 0.1) is 0 Å². The first-order chi connectivity index (χ1) is 13.2. The highest BCUT2D eigenvalue weighted by molar-refractivity contribution is 7.89. The summed E-state index contributed by atoms with van der Waals surface area (Å²) in [5, 5.41) is -0.135. The van der Waals surface area contributed by atoms with Crippen LogP contribution < -0.4 is 4.72 Å². The molecule has 1 aliphatic carbocycles. The summed E-state index contributed by atoms with van der Waals surface area (Å²) in [6.07, 6.45) is 0.586. The molecule has 0 fully saturated rings. The van der Waals surface area contributed by atoms with Crippen LogP contribution in [0.3, 0.4) is 0 Å². The van der Waals surface area contributed by atoms with Gasteiger partial charge in [-0.1, -0.05) is 66.0 Å². The number of hydrogen-bond donors (Lipinski definition) is 1. The molecular formula is C19H16Cl3NO4S. The number of rotatable bonds is 6. The van der Waals surface area contributed by atoms with Crippen LogP contribution in [0.5, 0.6) is 0 Å². The minimum Gasteiger partial charge on any atom is -0.350 e. The quantitative estimate of drug-likeness (QED) is 0.630. The van der Waals surface area contributed by atoms with Gasteiger partial charge >= 0.3 is 0 Å². The third-order valence-corrected chi connectivity index (χ3v) is 6.79. The van der Waals surface area contributed by atoms with Crippen molar-refractivity contribution >= 4 is 50.6 Å². The van der Waals surface area contributed by atoms with Gasteiger partial charge in [0.25, 0.3) is 0 Å². The van der Waals surface area contributed by atoms with E-state index in [0.717, 1.165) is 0 Å². The van der Waals surface area contributed by atoms with Gasteiger partial charge in [-0.05, 0) is 30.7 Å². The summed E-state index contributed by atoms with van der Waals surface area (Å²) in [6, 6.07) is 12.1. The summed E-state index contributed by atoms with van der Waals surface area (Å²) in [4.78, 5) is 12.5. The zero-order valence-corrected chi connectivity index (χ0v) is 17.8. The number of nitrogens with one attached hydrogen (secondary N) is 1. The zero-order valence-electron chi connectivity index (χ0n) is 14.7. The minimum absolute atomic E-state index is 0.0358. The summed E-state index contributed by atoms with van der Waals surface area (Å²) >= 11 is 18.4. The van der Waals surface area contributed by atoms with Crippen LogP contribution in [0.1, 0.15) is 29.3 Å². The molecule has 5 nitrogen and oxygen atoms in total. The van der Waals surface area contributed by atoms with Crippen molar-refractivity contribution in [2.45, 2.75) is 24.0 Å². The second kappa shape index (κ2) is 8.14. The molecule has 0 bridgehead atoms.